The number of rotatable bonds is 8. The van der Waals surface area contributed by atoms with Crippen LogP contribution in [0.5, 0.6) is 0 Å². The summed E-state index contributed by atoms with van der Waals surface area (Å²) in [7, 11) is 0. The molecule has 5 nitrogen and oxygen atoms in total. The van der Waals surface area contributed by atoms with E-state index in [4.69, 9.17) is 4.74 Å². The van der Waals surface area contributed by atoms with Gasteiger partial charge in [0, 0.05) is 13.1 Å². The van der Waals surface area contributed by atoms with Crippen LogP contribution in [0.3, 0.4) is 0 Å². The van der Waals surface area contributed by atoms with Gasteiger partial charge in [-0.25, -0.2) is 4.79 Å². The van der Waals surface area contributed by atoms with E-state index in [9.17, 15) is 9.90 Å². The Balaban J connectivity index is 1.70. The molecule has 0 unspecified atom stereocenters. The first-order valence-electron chi connectivity index (χ1n) is 8.01. The SMILES string of the molecule is Cc1cccc(CNC[C@@H](CO)NC(=O)OCc2ccccc2)c1. The summed E-state index contributed by atoms with van der Waals surface area (Å²) in [6.07, 6.45) is -0.532. The molecule has 1 amide bonds. The van der Waals surface area contributed by atoms with Crippen molar-refractivity contribution in [2.75, 3.05) is 13.2 Å². The minimum Gasteiger partial charge on any atom is -0.445 e. The van der Waals surface area contributed by atoms with E-state index in [1.807, 2.05) is 55.5 Å². The normalized spacial score (nSPS) is 11.8. The highest BCUT2D eigenvalue weighted by Gasteiger charge is 2.12. The molecule has 0 aliphatic rings. The molecule has 0 spiro atoms. The van der Waals surface area contributed by atoms with Gasteiger partial charge in [0.2, 0.25) is 0 Å². The molecule has 0 radical (unpaired) electrons. The molecule has 2 aromatic carbocycles. The molecule has 0 saturated carbocycles. The number of hydrogen-bond donors (Lipinski definition) is 3. The Bertz CT molecular complexity index is 632. The molecule has 0 fully saturated rings. The number of aliphatic hydroxyl groups is 1. The highest BCUT2D eigenvalue weighted by molar-refractivity contribution is 5.67. The number of carbonyl (C=O) groups is 1. The third kappa shape index (κ3) is 6.40. The van der Waals surface area contributed by atoms with Crippen molar-refractivity contribution in [2.24, 2.45) is 0 Å². The lowest BCUT2D eigenvalue weighted by atomic mass is 10.1. The van der Waals surface area contributed by atoms with E-state index >= 15 is 0 Å². The Hall–Kier alpha value is -2.37. The first-order valence-corrected chi connectivity index (χ1v) is 8.01. The fourth-order valence-corrected chi connectivity index (χ4v) is 2.31. The molecule has 0 bridgehead atoms. The number of nitrogens with one attached hydrogen (secondary N) is 2. The van der Waals surface area contributed by atoms with Crippen LogP contribution in [0.25, 0.3) is 0 Å². The fourth-order valence-electron chi connectivity index (χ4n) is 2.31. The van der Waals surface area contributed by atoms with Gasteiger partial charge in [0.25, 0.3) is 0 Å². The van der Waals surface area contributed by atoms with Crippen molar-refractivity contribution >= 4 is 6.09 Å². The second-order valence-corrected chi connectivity index (χ2v) is 5.71. The summed E-state index contributed by atoms with van der Waals surface area (Å²) < 4.78 is 5.15. The van der Waals surface area contributed by atoms with E-state index in [1.54, 1.807) is 0 Å². The van der Waals surface area contributed by atoms with Crippen LogP contribution >= 0.6 is 0 Å². The Morgan fingerprint density at radius 1 is 1.12 bits per heavy atom. The quantitative estimate of drug-likeness (QED) is 0.696. The van der Waals surface area contributed by atoms with E-state index < -0.39 is 12.1 Å². The largest absolute Gasteiger partial charge is 0.445 e. The van der Waals surface area contributed by atoms with Crippen LogP contribution in [-0.2, 0) is 17.9 Å². The lowest BCUT2D eigenvalue weighted by molar-refractivity contribution is 0.129. The van der Waals surface area contributed by atoms with E-state index in [2.05, 4.69) is 16.7 Å². The van der Waals surface area contributed by atoms with Crippen LogP contribution in [0.1, 0.15) is 16.7 Å². The van der Waals surface area contributed by atoms with Crippen molar-refractivity contribution in [3.63, 3.8) is 0 Å². The zero-order valence-electron chi connectivity index (χ0n) is 13.9. The second kappa shape index (κ2) is 9.70. The summed E-state index contributed by atoms with van der Waals surface area (Å²) in [5.74, 6) is 0. The van der Waals surface area contributed by atoms with Crippen LogP contribution < -0.4 is 10.6 Å². The van der Waals surface area contributed by atoms with Gasteiger partial charge >= 0.3 is 6.09 Å². The molecule has 2 aromatic rings. The summed E-state index contributed by atoms with van der Waals surface area (Å²) in [5.41, 5.74) is 3.29. The number of hydrogen-bond acceptors (Lipinski definition) is 4. The average Bonchev–Trinajstić information content (AvgIpc) is 2.60. The fraction of sp³-hybridized carbons (Fsp3) is 0.316. The number of aryl methyl sites for hydroxylation is 1. The molecule has 0 heterocycles. The molecule has 3 N–H and O–H groups in total. The van der Waals surface area contributed by atoms with Crippen LogP contribution in [-0.4, -0.2) is 30.4 Å². The maximum absolute atomic E-state index is 11.8. The smallest absolute Gasteiger partial charge is 0.407 e. The molecular formula is C19H24N2O3. The van der Waals surface area contributed by atoms with Gasteiger partial charge in [-0.15, -0.1) is 0 Å². The monoisotopic (exact) mass is 328 g/mol. The van der Waals surface area contributed by atoms with Gasteiger partial charge in [0.1, 0.15) is 6.61 Å². The molecule has 2 rings (SSSR count). The molecule has 24 heavy (non-hydrogen) atoms. The summed E-state index contributed by atoms with van der Waals surface area (Å²) in [6, 6.07) is 17.3. The summed E-state index contributed by atoms with van der Waals surface area (Å²) in [6.45, 7) is 3.25. The number of aliphatic hydroxyl groups excluding tert-OH is 1. The predicted octanol–water partition coefficient (Wildman–Crippen LogP) is 2.37. The van der Waals surface area contributed by atoms with E-state index in [1.165, 1.54) is 11.1 Å². The molecule has 5 heteroatoms. The molecular weight excluding hydrogens is 304 g/mol. The molecule has 1 atom stereocenters. The van der Waals surface area contributed by atoms with Crippen LogP contribution in [0, 0.1) is 6.92 Å². The van der Waals surface area contributed by atoms with Crippen molar-refractivity contribution in [3.8, 4) is 0 Å². The van der Waals surface area contributed by atoms with Crippen LogP contribution in [0.4, 0.5) is 4.79 Å². The van der Waals surface area contributed by atoms with Crippen molar-refractivity contribution in [3.05, 3.63) is 71.3 Å². The number of benzene rings is 2. The zero-order chi connectivity index (χ0) is 17.2. The van der Waals surface area contributed by atoms with Crippen molar-refractivity contribution < 1.29 is 14.6 Å². The topological polar surface area (TPSA) is 70.6 Å². The lowest BCUT2D eigenvalue weighted by Gasteiger charge is -2.17. The molecule has 0 saturated heterocycles. The van der Waals surface area contributed by atoms with Gasteiger partial charge in [0.15, 0.2) is 0 Å². The van der Waals surface area contributed by atoms with E-state index in [0.717, 1.165) is 5.56 Å². The number of carbonyl (C=O) groups excluding carboxylic acids is 1. The van der Waals surface area contributed by atoms with Gasteiger partial charge in [-0.2, -0.15) is 0 Å². The zero-order valence-corrected chi connectivity index (χ0v) is 13.9. The number of ether oxygens (including phenoxy) is 1. The summed E-state index contributed by atoms with van der Waals surface area (Å²) in [5, 5.41) is 15.3. The number of alkyl carbamates (subject to hydrolysis) is 1. The van der Waals surface area contributed by atoms with Gasteiger partial charge < -0.3 is 20.5 Å². The lowest BCUT2D eigenvalue weighted by Crippen LogP contribution is -2.44. The minimum absolute atomic E-state index is 0.152. The Morgan fingerprint density at radius 3 is 2.58 bits per heavy atom. The standard InChI is InChI=1S/C19H24N2O3/c1-15-6-5-9-17(10-15)11-20-12-18(13-22)21-19(23)24-14-16-7-3-2-4-8-16/h2-10,18,20,22H,11-14H2,1H3,(H,21,23)/t18-/m0/s1. The van der Waals surface area contributed by atoms with Crippen molar-refractivity contribution in [2.45, 2.75) is 26.1 Å². The Kier molecular flexibility index (Phi) is 7.26. The first-order chi connectivity index (χ1) is 11.7. The minimum atomic E-state index is -0.532. The average molecular weight is 328 g/mol. The van der Waals surface area contributed by atoms with Gasteiger partial charge in [-0.05, 0) is 18.1 Å². The second-order valence-electron chi connectivity index (χ2n) is 5.71. The van der Waals surface area contributed by atoms with Gasteiger partial charge in [-0.1, -0.05) is 60.2 Å². The van der Waals surface area contributed by atoms with Gasteiger partial charge in [0.05, 0.1) is 12.6 Å². The Labute approximate surface area is 142 Å². The maximum atomic E-state index is 11.8. The van der Waals surface area contributed by atoms with Crippen LogP contribution in [0.15, 0.2) is 54.6 Å². The highest BCUT2D eigenvalue weighted by Crippen LogP contribution is 2.03. The maximum Gasteiger partial charge on any atom is 0.407 e. The predicted molar refractivity (Wildman–Crippen MR) is 93.5 cm³/mol. The van der Waals surface area contributed by atoms with Crippen LogP contribution in [0.2, 0.25) is 0 Å². The van der Waals surface area contributed by atoms with E-state index in [-0.39, 0.29) is 13.2 Å². The molecule has 0 aliphatic carbocycles. The van der Waals surface area contributed by atoms with Crippen molar-refractivity contribution in [1.82, 2.24) is 10.6 Å². The third-order valence-corrected chi connectivity index (χ3v) is 3.56. The molecule has 0 aliphatic heterocycles. The first kappa shape index (κ1) is 18.0. The Morgan fingerprint density at radius 2 is 1.88 bits per heavy atom. The third-order valence-electron chi connectivity index (χ3n) is 3.56. The van der Waals surface area contributed by atoms with E-state index in [0.29, 0.717) is 13.1 Å². The molecule has 128 valence electrons. The van der Waals surface area contributed by atoms with Crippen molar-refractivity contribution in [1.29, 1.82) is 0 Å². The summed E-state index contributed by atoms with van der Waals surface area (Å²) in [4.78, 5) is 11.8. The highest BCUT2D eigenvalue weighted by atomic mass is 16.5. The number of amides is 1. The van der Waals surface area contributed by atoms with Gasteiger partial charge in [-0.3, -0.25) is 0 Å². The molecule has 0 aromatic heterocycles. The summed E-state index contributed by atoms with van der Waals surface area (Å²) >= 11 is 0.